The van der Waals surface area contributed by atoms with E-state index in [9.17, 15) is 9.59 Å². The van der Waals surface area contributed by atoms with Crippen LogP contribution in [0.2, 0.25) is 0 Å². The largest absolute Gasteiger partial charge is 0.484 e. The van der Waals surface area contributed by atoms with E-state index in [0.29, 0.717) is 11.3 Å². The van der Waals surface area contributed by atoms with E-state index in [1.807, 2.05) is 47.4 Å². The number of fused-ring (bicyclic) bond motifs is 1. The lowest BCUT2D eigenvalue weighted by molar-refractivity contribution is -0.136. The van der Waals surface area contributed by atoms with Gasteiger partial charge in [0.05, 0.1) is 0 Å². The number of nitrogens with zero attached hydrogens (tertiary/aromatic N) is 1. The number of carbonyl (C=O) groups is 1. The lowest BCUT2D eigenvalue weighted by Gasteiger charge is -2.33. The van der Waals surface area contributed by atoms with Crippen LogP contribution in [0.25, 0.3) is 22.1 Å². The second-order valence-electron chi connectivity index (χ2n) is 7.22. The Bertz CT molecular complexity index is 1040. The average Bonchev–Trinajstić information content (AvgIpc) is 2.72. The fourth-order valence-corrected chi connectivity index (χ4v) is 3.79. The van der Waals surface area contributed by atoms with Gasteiger partial charge in [-0.05, 0) is 49.4 Å². The first-order chi connectivity index (χ1) is 13.6. The van der Waals surface area contributed by atoms with Crippen molar-refractivity contribution in [1.82, 2.24) is 4.90 Å². The van der Waals surface area contributed by atoms with Gasteiger partial charge in [0.25, 0.3) is 5.91 Å². The molecule has 1 aromatic heterocycles. The molecule has 2 aromatic carbocycles. The highest BCUT2D eigenvalue weighted by Crippen LogP contribution is 2.29. The zero-order valence-corrected chi connectivity index (χ0v) is 15.9. The normalized spacial score (nSPS) is 16.9. The van der Waals surface area contributed by atoms with Crippen LogP contribution in [0, 0.1) is 0 Å². The van der Waals surface area contributed by atoms with Gasteiger partial charge in [0.15, 0.2) is 6.61 Å². The summed E-state index contributed by atoms with van der Waals surface area (Å²) in [5.41, 5.74) is 1.80. The molecule has 0 spiro atoms. The van der Waals surface area contributed by atoms with Crippen LogP contribution in [-0.4, -0.2) is 30.0 Å². The van der Waals surface area contributed by atoms with E-state index in [4.69, 9.17) is 9.15 Å². The standard InChI is InChI=1S/C23H23NO4/c1-16-7-5-6-12-24(16)22(25)15-27-18-10-11-19-20(17-8-3-2-4-9-17)14-23(26)28-21(19)13-18/h2-4,8-11,13-14,16H,5-7,12,15H2,1H3/t16-/m1/s1. The molecule has 0 bridgehead atoms. The Morgan fingerprint density at radius 1 is 1.14 bits per heavy atom. The number of likely N-dealkylation sites (tertiary alicyclic amines) is 1. The van der Waals surface area contributed by atoms with E-state index >= 15 is 0 Å². The highest BCUT2D eigenvalue weighted by molar-refractivity contribution is 5.93. The van der Waals surface area contributed by atoms with Crippen molar-refractivity contribution in [3.63, 3.8) is 0 Å². The maximum absolute atomic E-state index is 12.5. The molecule has 0 N–H and O–H groups in total. The molecule has 5 nitrogen and oxygen atoms in total. The molecule has 0 radical (unpaired) electrons. The molecule has 1 amide bonds. The predicted molar refractivity (Wildman–Crippen MR) is 108 cm³/mol. The molecular formula is C23H23NO4. The Morgan fingerprint density at radius 2 is 1.96 bits per heavy atom. The number of carbonyl (C=O) groups excluding carboxylic acids is 1. The Balaban J connectivity index is 1.57. The fraction of sp³-hybridized carbons (Fsp3) is 0.304. The van der Waals surface area contributed by atoms with Gasteiger partial charge in [-0.25, -0.2) is 4.79 Å². The molecule has 144 valence electrons. The van der Waals surface area contributed by atoms with Gasteiger partial charge in [-0.2, -0.15) is 0 Å². The maximum atomic E-state index is 12.5. The molecule has 0 unspecified atom stereocenters. The fourth-order valence-electron chi connectivity index (χ4n) is 3.79. The van der Waals surface area contributed by atoms with Gasteiger partial charge in [-0.15, -0.1) is 0 Å². The summed E-state index contributed by atoms with van der Waals surface area (Å²) < 4.78 is 11.1. The van der Waals surface area contributed by atoms with Crippen LogP contribution >= 0.6 is 0 Å². The lowest BCUT2D eigenvalue weighted by Crippen LogP contribution is -2.44. The van der Waals surface area contributed by atoms with Crippen LogP contribution in [-0.2, 0) is 4.79 Å². The summed E-state index contributed by atoms with van der Waals surface area (Å²) in [6.07, 6.45) is 3.24. The van der Waals surface area contributed by atoms with E-state index in [1.54, 1.807) is 6.07 Å². The second kappa shape index (κ2) is 7.89. The van der Waals surface area contributed by atoms with Crippen LogP contribution in [0.1, 0.15) is 26.2 Å². The van der Waals surface area contributed by atoms with Crippen molar-refractivity contribution in [2.75, 3.05) is 13.2 Å². The smallest absolute Gasteiger partial charge is 0.336 e. The first-order valence-electron chi connectivity index (χ1n) is 9.67. The van der Waals surface area contributed by atoms with Gasteiger partial charge in [0.1, 0.15) is 11.3 Å². The molecule has 1 fully saturated rings. The van der Waals surface area contributed by atoms with Crippen molar-refractivity contribution in [3.8, 4) is 16.9 Å². The molecule has 0 aliphatic carbocycles. The van der Waals surface area contributed by atoms with Crippen molar-refractivity contribution < 1.29 is 13.9 Å². The molecule has 3 aromatic rings. The maximum Gasteiger partial charge on any atom is 0.336 e. The molecule has 1 aliphatic heterocycles. The lowest BCUT2D eigenvalue weighted by atomic mass is 10.0. The minimum Gasteiger partial charge on any atom is -0.484 e. The van der Waals surface area contributed by atoms with E-state index < -0.39 is 5.63 Å². The Labute approximate surface area is 163 Å². The molecule has 5 heteroatoms. The quantitative estimate of drug-likeness (QED) is 0.638. The van der Waals surface area contributed by atoms with Crippen molar-refractivity contribution in [3.05, 3.63) is 65.0 Å². The third kappa shape index (κ3) is 3.79. The van der Waals surface area contributed by atoms with Crippen LogP contribution in [0.4, 0.5) is 0 Å². The van der Waals surface area contributed by atoms with Crippen molar-refractivity contribution in [1.29, 1.82) is 0 Å². The van der Waals surface area contributed by atoms with Crippen LogP contribution in [0.15, 0.2) is 63.8 Å². The summed E-state index contributed by atoms with van der Waals surface area (Å²) in [6, 6.07) is 16.8. The number of hydrogen-bond donors (Lipinski definition) is 0. The Hall–Kier alpha value is -3.08. The molecule has 2 heterocycles. The molecule has 4 rings (SSSR count). The van der Waals surface area contributed by atoms with Crippen molar-refractivity contribution >= 4 is 16.9 Å². The first kappa shape index (κ1) is 18.3. The summed E-state index contributed by atoms with van der Waals surface area (Å²) in [5, 5.41) is 0.828. The van der Waals surface area contributed by atoms with E-state index in [1.165, 1.54) is 12.5 Å². The van der Waals surface area contributed by atoms with E-state index in [0.717, 1.165) is 35.9 Å². The van der Waals surface area contributed by atoms with E-state index in [-0.39, 0.29) is 18.6 Å². The van der Waals surface area contributed by atoms with Gasteiger partial charge in [0, 0.05) is 30.1 Å². The summed E-state index contributed by atoms with van der Waals surface area (Å²) >= 11 is 0. The monoisotopic (exact) mass is 377 g/mol. The summed E-state index contributed by atoms with van der Waals surface area (Å²) in [6.45, 7) is 2.85. The first-order valence-corrected chi connectivity index (χ1v) is 9.67. The number of hydrogen-bond acceptors (Lipinski definition) is 4. The Morgan fingerprint density at radius 3 is 2.75 bits per heavy atom. The SMILES string of the molecule is C[C@@H]1CCCCN1C(=O)COc1ccc2c(-c3ccccc3)cc(=O)oc2c1. The van der Waals surface area contributed by atoms with Crippen LogP contribution < -0.4 is 10.4 Å². The number of amides is 1. The third-order valence-electron chi connectivity index (χ3n) is 5.29. The molecule has 0 saturated carbocycles. The summed E-state index contributed by atoms with van der Waals surface area (Å²) in [4.78, 5) is 26.4. The summed E-state index contributed by atoms with van der Waals surface area (Å²) in [7, 11) is 0. The number of ether oxygens (including phenoxy) is 1. The van der Waals surface area contributed by atoms with Gasteiger partial charge >= 0.3 is 5.63 Å². The summed E-state index contributed by atoms with van der Waals surface area (Å²) in [5.74, 6) is 0.505. The van der Waals surface area contributed by atoms with Crippen LogP contribution in [0.5, 0.6) is 5.75 Å². The van der Waals surface area contributed by atoms with Crippen molar-refractivity contribution in [2.45, 2.75) is 32.2 Å². The number of piperidine rings is 1. The van der Waals surface area contributed by atoms with Gasteiger partial charge in [0.2, 0.25) is 0 Å². The van der Waals surface area contributed by atoms with Gasteiger partial charge < -0.3 is 14.1 Å². The van der Waals surface area contributed by atoms with Gasteiger partial charge in [-0.1, -0.05) is 30.3 Å². The Kier molecular flexibility index (Phi) is 5.15. The predicted octanol–water partition coefficient (Wildman–Crippen LogP) is 4.24. The molecular weight excluding hydrogens is 354 g/mol. The second-order valence-corrected chi connectivity index (χ2v) is 7.22. The molecule has 1 aliphatic rings. The zero-order valence-electron chi connectivity index (χ0n) is 15.9. The third-order valence-corrected chi connectivity index (χ3v) is 5.29. The topological polar surface area (TPSA) is 59.8 Å². The number of rotatable bonds is 4. The van der Waals surface area contributed by atoms with Gasteiger partial charge in [-0.3, -0.25) is 4.79 Å². The minimum atomic E-state index is -0.415. The molecule has 1 saturated heterocycles. The average molecular weight is 377 g/mol. The highest BCUT2D eigenvalue weighted by Gasteiger charge is 2.23. The number of benzene rings is 2. The van der Waals surface area contributed by atoms with Crippen LogP contribution in [0.3, 0.4) is 0 Å². The molecule has 1 atom stereocenters. The molecule has 28 heavy (non-hydrogen) atoms. The van der Waals surface area contributed by atoms with E-state index in [2.05, 4.69) is 6.92 Å². The highest BCUT2D eigenvalue weighted by atomic mass is 16.5. The minimum absolute atomic E-state index is 0.00761. The van der Waals surface area contributed by atoms with Crippen molar-refractivity contribution in [2.24, 2.45) is 0 Å². The zero-order chi connectivity index (χ0) is 19.5.